The van der Waals surface area contributed by atoms with Gasteiger partial charge in [-0.05, 0) is 57.6 Å². The number of likely N-dealkylation sites (tertiary alicyclic amines) is 1. The van der Waals surface area contributed by atoms with Crippen molar-refractivity contribution in [2.24, 2.45) is 5.41 Å². The molecule has 154 valence electrons. The fourth-order valence-electron chi connectivity index (χ4n) is 3.87. The van der Waals surface area contributed by atoms with Crippen molar-refractivity contribution in [1.29, 1.82) is 0 Å². The summed E-state index contributed by atoms with van der Waals surface area (Å²) in [6.45, 7) is 4.24. The zero-order valence-corrected chi connectivity index (χ0v) is 17.7. The van der Waals surface area contributed by atoms with Gasteiger partial charge in [0.15, 0.2) is 5.82 Å². The van der Waals surface area contributed by atoms with Crippen molar-refractivity contribution >= 4 is 39.7 Å². The monoisotopic (exact) mass is 423 g/mol. The summed E-state index contributed by atoms with van der Waals surface area (Å²) >= 11 is 5.88. The van der Waals surface area contributed by atoms with E-state index in [-0.39, 0.29) is 16.1 Å². The highest BCUT2D eigenvalue weighted by atomic mass is 35.5. The Labute approximate surface area is 180 Å². The molecule has 1 aliphatic heterocycles. The molecule has 0 radical (unpaired) electrons. The summed E-state index contributed by atoms with van der Waals surface area (Å²) in [5, 5.41) is 3.71. The number of hydrogen-bond donors (Lipinski definition) is 2. The van der Waals surface area contributed by atoms with Crippen molar-refractivity contribution < 1.29 is 4.39 Å². The number of nitrogens with one attached hydrogen (secondary N) is 1. The summed E-state index contributed by atoms with van der Waals surface area (Å²) in [4.78, 5) is 10.9. The van der Waals surface area contributed by atoms with Crippen LogP contribution >= 0.6 is 11.6 Å². The largest absolute Gasteiger partial charge is 0.398 e. The molecule has 3 N–H and O–H groups in total. The van der Waals surface area contributed by atoms with Crippen LogP contribution in [0.2, 0.25) is 5.02 Å². The van der Waals surface area contributed by atoms with E-state index < -0.39 is 5.82 Å². The van der Waals surface area contributed by atoms with E-state index in [1.54, 1.807) is 18.2 Å². The highest BCUT2D eigenvalue weighted by Crippen LogP contribution is 2.31. The molecular weight excluding hydrogens is 401 g/mol. The van der Waals surface area contributed by atoms with Crippen LogP contribution in [0.1, 0.15) is 25.3 Å². The van der Waals surface area contributed by atoms with Crippen molar-refractivity contribution in [3.63, 3.8) is 0 Å². The van der Waals surface area contributed by atoms with Gasteiger partial charge in [0.25, 0.3) is 0 Å². The first-order valence-corrected chi connectivity index (χ1v) is 10.2. The SMILES string of the molecule is CN1CCC[C@@](C)(C#Cc2cc3ncnc(Nc4cccc(Cl)c4F)c3cc2N)C1. The molecule has 7 heteroatoms. The van der Waals surface area contributed by atoms with Crippen LogP contribution in [-0.4, -0.2) is 35.0 Å². The van der Waals surface area contributed by atoms with Gasteiger partial charge in [-0.25, -0.2) is 14.4 Å². The lowest BCUT2D eigenvalue weighted by atomic mass is 9.82. The molecule has 2 heterocycles. The van der Waals surface area contributed by atoms with E-state index in [1.165, 1.54) is 12.4 Å². The van der Waals surface area contributed by atoms with Crippen LogP contribution in [0.25, 0.3) is 10.9 Å². The number of nitrogens with zero attached hydrogens (tertiary/aromatic N) is 3. The minimum absolute atomic E-state index is 0.0392. The van der Waals surface area contributed by atoms with E-state index in [0.717, 1.165) is 31.5 Å². The maximum Gasteiger partial charge on any atom is 0.165 e. The lowest BCUT2D eigenvalue weighted by molar-refractivity contribution is 0.175. The third-order valence-corrected chi connectivity index (χ3v) is 5.69. The average Bonchev–Trinajstić information content (AvgIpc) is 2.70. The van der Waals surface area contributed by atoms with Crippen LogP contribution in [0, 0.1) is 23.1 Å². The number of nitrogen functional groups attached to an aromatic ring is 1. The van der Waals surface area contributed by atoms with Gasteiger partial charge in [0.1, 0.15) is 12.1 Å². The van der Waals surface area contributed by atoms with Crippen molar-refractivity contribution in [2.45, 2.75) is 19.8 Å². The van der Waals surface area contributed by atoms with Gasteiger partial charge in [-0.1, -0.05) is 29.5 Å². The van der Waals surface area contributed by atoms with E-state index in [0.29, 0.717) is 22.4 Å². The second-order valence-corrected chi connectivity index (χ2v) is 8.46. The predicted molar refractivity (Wildman–Crippen MR) is 120 cm³/mol. The topological polar surface area (TPSA) is 67.1 Å². The molecule has 0 saturated carbocycles. The Balaban J connectivity index is 1.69. The number of halogens is 2. The molecule has 0 amide bonds. The number of anilines is 3. The molecule has 0 aliphatic carbocycles. The third kappa shape index (κ3) is 4.18. The van der Waals surface area contributed by atoms with Gasteiger partial charge in [0.2, 0.25) is 0 Å². The van der Waals surface area contributed by atoms with Gasteiger partial charge in [-0.15, -0.1) is 0 Å². The van der Waals surface area contributed by atoms with Gasteiger partial charge in [0, 0.05) is 28.6 Å². The first-order valence-electron chi connectivity index (χ1n) is 9.82. The molecule has 1 saturated heterocycles. The number of hydrogen-bond acceptors (Lipinski definition) is 5. The first-order chi connectivity index (χ1) is 14.3. The number of nitrogens with two attached hydrogens (primary N) is 1. The van der Waals surface area contributed by atoms with E-state index in [2.05, 4.69) is 46.0 Å². The quantitative estimate of drug-likeness (QED) is 0.456. The fraction of sp³-hybridized carbons (Fsp3) is 0.304. The molecule has 0 spiro atoms. The summed E-state index contributed by atoms with van der Waals surface area (Å²) in [5.41, 5.74) is 8.42. The van der Waals surface area contributed by atoms with Crippen LogP contribution < -0.4 is 11.1 Å². The summed E-state index contributed by atoms with van der Waals surface area (Å²) in [5.74, 6) is 6.60. The molecule has 0 unspecified atom stereocenters. The second-order valence-electron chi connectivity index (χ2n) is 8.06. The number of piperidine rings is 1. The third-order valence-electron chi connectivity index (χ3n) is 5.40. The van der Waals surface area contributed by atoms with Crippen molar-refractivity contribution in [3.05, 3.63) is 53.1 Å². The van der Waals surface area contributed by atoms with E-state index in [9.17, 15) is 4.39 Å². The summed E-state index contributed by atoms with van der Waals surface area (Å²) in [7, 11) is 2.12. The molecule has 4 rings (SSSR count). The van der Waals surface area contributed by atoms with E-state index >= 15 is 0 Å². The zero-order chi connectivity index (χ0) is 21.3. The standard InChI is InChI=1S/C23H23ClFN5/c1-23(8-4-10-30(2)13-23)9-7-15-11-20-16(12-18(15)26)22(28-14-27-20)29-19-6-3-5-17(24)21(19)25/h3,5-6,11-12,14H,4,8,10,13,26H2,1-2H3,(H,27,28,29)/t23-/m0/s1. The molecule has 5 nitrogen and oxygen atoms in total. The minimum Gasteiger partial charge on any atom is -0.398 e. The van der Waals surface area contributed by atoms with Gasteiger partial charge >= 0.3 is 0 Å². The summed E-state index contributed by atoms with van der Waals surface area (Å²) in [6.07, 6.45) is 3.63. The number of benzene rings is 2. The van der Waals surface area contributed by atoms with Crippen molar-refractivity contribution in [1.82, 2.24) is 14.9 Å². The Bertz CT molecular complexity index is 1170. The highest BCUT2D eigenvalue weighted by Gasteiger charge is 2.27. The summed E-state index contributed by atoms with van der Waals surface area (Å²) in [6, 6.07) is 8.39. The Kier molecular flexibility index (Phi) is 5.50. The van der Waals surface area contributed by atoms with Gasteiger partial charge in [0.05, 0.1) is 16.2 Å². The van der Waals surface area contributed by atoms with Crippen LogP contribution in [0.4, 0.5) is 21.6 Å². The molecule has 2 aromatic carbocycles. The normalized spacial score (nSPS) is 19.3. The molecule has 0 bridgehead atoms. The van der Waals surface area contributed by atoms with Crippen LogP contribution in [0.5, 0.6) is 0 Å². The Morgan fingerprint density at radius 2 is 2.13 bits per heavy atom. The highest BCUT2D eigenvalue weighted by molar-refractivity contribution is 6.31. The van der Waals surface area contributed by atoms with Crippen molar-refractivity contribution in [2.75, 3.05) is 31.2 Å². The number of rotatable bonds is 2. The molecule has 1 atom stereocenters. The van der Waals surface area contributed by atoms with Crippen LogP contribution in [0.3, 0.4) is 0 Å². The molecular formula is C23H23ClFN5. The minimum atomic E-state index is -0.535. The zero-order valence-electron chi connectivity index (χ0n) is 17.0. The second kappa shape index (κ2) is 8.10. The summed E-state index contributed by atoms with van der Waals surface area (Å²) < 4.78 is 14.3. The first kappa shape index (κ1) is 20.4. The van der Waals surface area contributed by atoms with E-state index in [4.69, 9.17) is 17.3 Å². The van der Waals surface area contributed by atoms with Crippen molar-refractivity contribution in [3.8, 4) is 11.8 Å². The maximum atomic E-state index is 14.3. The predicted octanol–water partition coefficient (Wildman–Crippen LogP) is 4.83. The molecule has 1 fully saturated rings. The maximum absolute atomic E-state index is 14.3. The lowest BCUT2D eigenvalue weighted by Gasteiger charge is -2.34. The molecule has 1 aliphatic rings. The molecule has 30 heavy (non-hydrogen) atoms. The Morgan fingerprint density at radius 1 is 1.30 bits per heavy atom. The average molecular weight is 424 g/mol. The molecule has 3 aromatic rings. The van der Waals surface area contributed by atoms with Gasteiger partial charge in [-0.3, -0.25) is 0 Å². The van der Waals surface area contributed by atoms with Gasteiger partial charge < -0.3 is 16.0 Å². The van der Waals surface area contributed by atoms with Gasteiger partial charge in [-0.2, -0.15) is 0 Å². The Morgan fingerprint density at radius 3 is 2.93 bits per heavy atom. The van der Waals surface area contributed by atoms with Crippen LogP contribution in [0.15, 0.2) is 36.7 Å². The van der Waals surface area contributed by atoms with Crippen LogP contribution in [-0.2, 0) is 0 Å². The number of aromatic nitrogens is 2. The lowest BCUT2D eigenvalue weighted by Crippen LogP contribution is -2.38. The van der Waals surface area contributed by atoms with E-state index in [1.807, 2.05) is 6.07 Å². The fourth-order valence-corrected chi connectivity index (χ4v) is 4.04. The smallest absolute Gasteiger partial charge is 0.165 e. The Hall–Kier alpha value is -2.88. The number of fused-ring (bicyclic) bond motifs is 1. The molecule has 1 aromatic heterocycles.